The van der Waals surface area contributed by atoms with Gasteiger partial charge in [0.25, 0.3) is 0 Å². The van der Waals surface area contributed by atoms with Crippen molar-refractivity contribution in [3.8, 4) is 0 Å². The van der Waals surface area contributed by atoms with Gasteiger partial charge in [-0.3, -0.25) is 9.59 Å². The predicted molar refractivity (Wildman–Crippen MR) is 70.9 cm³/mol. The van der Waals surface area contributed by atoms with Gasteiger partial charge in [0.1, 0.15) is 6.54 Å². The van der Waals surface area contributed by atoms with Crippen molar-refractivity contribution in [3.05, 3.63) is 11.1 Å². The Labute approximate surface area is 106 Å². The van der Waals surface area contributed by atoms with Crippen LogP contribution in [0.4, 0.5) is 5.13 Å². The third-order valence-electron chi connectivity index (χ3n) is 1.24. The normalized spacial score (nSPS) is 8.06. The van der Waals surface area contributed by atoms with Crippen LogP contribution in [0.2, 0.25) is 0 Å². The van der Waals surface area contributed by atoms with E-state index in [0.717, 1.165) is 11.3 Å². The van der Waals surface area contributed by atoms with Crippen molar-refractivity contribution in [3.63, 3.8) is 0 Å². The van der Waals surface area contributed by atoms with Gasteiger partial charge in [0, 0.05) is 6.92 Å². The van der Waals surface area contributed by atoms with Crippen LogP contribution in [0, 0.1) is 0 Å². The highest BCUT2D eigenvalue weighted by Crippen LogP contribution is 2.17. The number of rotatable bonds is 4. The molecule has 6 heteroatoms. The number of carbonyl (C=O) groups is 2. The Hall–Kier alpha value is -1.43. The first kappa shape index (κ1) is 17.9. The van der Waals surface area contributed by atoms with E-state index in [-0.39, 0.29) is 12.3 Å². The second-order valence-electron chi connectivity index (χ2n) is 2.33. The molecule has 0 saturated carbocycles. The molecule has 5 nitrogen and oxygen atoms in total. The molecule has 1 heterocycles. The third kappa shape index (κ3) is 8.38. The summed E-state index contributed by atoms with van der Waals surface area (Å²) in [4.78, 5) is 25.3. The number of nitrogens with one attached hydrogen (secondary N) is 1. The zero-order valence-electron chi connectivity index (χ0n) is 10.9. The van der Waals surface area contributed by atoms with Gasteiger partial charge in [-0.1, -0.05) is 39.0 Å². The van der Waals surface area contributed by atoms with E-state index in [2.05, 4.69) is 10.3 Å². The van der Waals surface area contributed by atoms with E-state index in [4.69, 9.17) is 5.11 Å². The number of carboxylic acids is 1. The summed E-state index contributed by atoms with van der Waals surface area (Å²) in [6.45, 7) is 9.25. The van der Waals surface area contributed by atoms with Crippen molar-refractivity contribution in [2.75, 3.05) is 11.9 Å². The lowest BCUT2D eigenvalue weighted by Crippen LogP contribution is -2.11. The number of carbonyl (C=O) groups excluding carboxylic acids is 1. The van der Waals surface area contributed by atoms with Gasteiger partial charge in [0.05, 0.1) is 11.1 Å². The molecule has 17 heavy (non-hydrogen) atoms. The maximum atomic E-state index is 10.8. The lowest BCUT2D eigenvalue weighted by molar-refractivity contribution is -0.134. The van der Waals surface area contributed by atoms with E-state index >= 15 is 0 Å². The molecule has 98 valence electrons. The lowest BCUT2D eigenvalue weighted by atomic mass is 10.4. The number of aromatic nitrogens is 1. The average molecular weight is 260 g/mol. The molecule has 1 rings (SSSR count). The highest BCUT2D eigenvalue weighted by Gasteiger charge is 2.05. The van der Waals surface area contributed by atoms with Gasteiger partial charge in [-0.15, -0.1) is 0 Å². The topological polar surface area (TPSA) is 79.3 Å². The van der Waals surface area contributed by atoms with Gasteiger partial charge in [0.15, 0.2) is 10.9 Å². The van der Waals surface area contributed by atoms with Gasteiger partial charge < -0.3 is 10.4 Å². The minimum atomic E-state index is -0.959. The summed E-state index contributed by atoms with van der Waals surface area (Å²) >= 11 is 1.15. The van der Waals surface area contributed by atoms with Gasteiger partial charge in [-0.05, 0) is 0 Å². The molecule has 0 amide bonds. The van der Waals surface area contributed by atoms with Gasteiger partial charge in [-0.2, -0.15) is 0 Å². The molecule has 0 fully saturated rings. The molecule has 0 radical (unpaired) electrons. The minimum Gasteiger partial charge on any atom is -0.480 e. The molecule has 0 unspecified atom stereocenters. The van der Waals surface area contributed by atoms with E-state index in [1.165, 1.54) is 13.1 Å². The monoisotopic (exact) mass is 260 g/mol. The molecule has 0 aliphatic carbocycles. The highest BCUT2D eigenvalue weighted by molar-refractivity contribution is 7.17. The van der Waals surface area contributed by atoms with E-state index < -0.39 is 5.97 Å². The molecule has 0 aliphatic heterocycles. The lowest BCUT2D eigenvalue weighted by Gasteiger charge is -1.94. The fraction of sp³-hybridized carbons (Fsp3) is 0.545. The van der Waals surface area contributed by atoms with E-state index in [9.17, 15) is 9.59 Å². The number of carboxylic acid groups (broad SMARTS) is 1. The molecule has 2 N–H and O–H groups in total. The molecule has 0 aromatic carbocycles. The number of hydrogen-bond donors (Lipinski definition) is 2. The summed E-state index contributed by atoms with van der Waals surface area (Å²) in [5, 5.41) is 11.4. The Bertz CT molecular complexity index is 337. The Kier molecular flexibility index (Phi) is 11.7. The SMILES string of the molecule is CC.CC.CC(=O)c1cnc(NCC(=O)O)s1. The standard InChI is InChI=1S/C7H8N2O3S.2C2H6/c1-4(10)5-2-8-7(13-5)9-3-6(11)12;2*1-2/h2H,3H2,1H3,(H,8,9)(H,11,12);2*1-2H3. The van der Waals surface area contributed by atoms with Crippen LogP contribution in [0.25, 0.3) is 0 Å². The maximum Gasteiger partial charge on any atom is 0.322 e. The Morgan fingerprint density at radius 2 is 1.88 bits per heavy atom. The Morgan fingerprint density at radius 3 is 2.24 bits per heavy atom. The molecular weight excluding hydrogens is 240 g/mol. The third-order valence-corrected chi connectivity index (χ3v) is 2.30. The van der Waals surface area contributed by atoms with Crippen LogP contribution in [-0.2, 0) is 4.79 Å². The number of ketones is 1. The number of nitrogens with zero attached hydrogens (tertiary/aromatic N) is 1. The number of Topliss-reactive ketones (excluding diaryl/α,β-unsaturated/α-hetero) is 1. The van der Waals surface area contributed by atoms with E-state index in [1.807, 2.05) is 27.7 Å². The smallest absolute Gasteiger partial charge is 0.322 e. The summed E-state index contributed by atoms with van der Waals surface area (Å²) in [5.41, 5.74) is 0. The maximum absolute atomic E-state index is 10.8. The fourth-order valence-electron chi connectivity index (χ4n) is 0.670. The summed E-state index contributed by atoms with van der Waals surface area (Å²) in [6.07, 6.45) is 1.43. The number of hydrogen-bond acceptors (Lipinski definition) is 5. The molecule has 0 atom stereocenters. The molecule has 0 saturated heterocycles. The number of aliphatic carboxylic acids is 1. The highest BCUT2D eigenvalue weighted by atomic mass is 32.1. The molecule has 1 aromatic heterocycles. The molecule has 0 aliphatic rings. The minimum absolute atomic E-state index is 0.0686. The zero-order chi connectivity index (χ0) is 13.8. The molecule has 1 aromatic rings. The van der Waals surface area contributed by atoms with E-state index in [1.54, 1.807) is 0 Å². The first-order valence-electron chi connectivity index (χ1n) is 5.52. The molecule has 0 bridgehead atoms. The van der Waals surface area contributed by atoms with Crippen LogP contribution >= 0.6 is 11.3 Å². The molecule has 0 spiro atoms. The molecular formula is C11H20N2O3S. The van der Waals surface area contributed by atoms with Crippen molar-refractivity contribution in [2.45, 2.75) is 34.6 Å². The van der Waals surface area contributed by atoms with Crippen LogP contribution < -0.4 is 5.32 Å². The van der Waals surface area contributed by atoms with Crippen LogP contribution in [0.5, 0.6) is 0 Å². The van der Waals surface area contributed by atoms with Crippen molar-refractivity contribution >= 4 is 28.2 Å². The second kappa shape index (κ2) is 11.1. The number of thiazole rings is 1. The zero-order valence-corrected chi connectivity index (χ0v) is 11.7. The first-order chi connectivity index (χ1) is 8.09. The van der Waals surface area contributed by atoms with Crippen LogP contribution in [0.3, 0.4) is 0 Å². The van der Waals surface area contributed by atoms with Crippen LogP contribution in [0.1, 0.15) is 44.3 Å². The van der Waals surface area contributed by atoms with Gasteiger partial charge in [0.2, 0.25) is 0 Å². The quantitative estimate of drug-likeness (QED) is 0.814. The van der Waals surface area contributed by atoms with Crippen molar-refractivity contribution in [2.24, 2.45) is 0 Å². The average Bonchev–Trinajstić information content (AvgIpc) is 2.80. The van der Waals surface area contributed by atoms with Crippen LogP contribution in [-0.4, -0.2) is 28.4 Å². The summed E-state index contributed by atoms with van der Waals surface area (Å²) < 4.78 is 0. The van der Waals surface area contributed by atoms with Crippen molar-refractivity contribution in [1.82, 2.24) is 4.98 Å². The van der Waals surface area contributed by atoms with Crippen molar-refractivity contribution < 1.29 is 14.7 Å². The predicted octanol–water partition coefficient (Wildman–Crippen LogP) is 2.89. The summed E-state index contributed by atoms with van der Waals surface area (Å²) in [5.74, 6) is -1.03. The number of anilines is 1. The summed E-state index contributed by atoms with van der Waals surface area (Å²) in [7, 11) is 0. The fourth-order valence-corrected chi connectivity index (χ4v) is 1.38. The van der Waals surface area contributed by atoms with Gasteiger partial charge >= 0.3 is 5.97 Å². The Morgan fingerprint density at radius 1 is 1.35 bits per heavy atom. The summed E-state index contributed by atoms with van der Waals surface area (Å²) in [6, 6.07) is 0. The Balaban J connectivity index is 0. The van der Waals surface area contributed by atoms with Gasteiger partial charge in [-0.25, -0.2) is 4.98 Å². The largest absolute Gasteiger partial charge is 0.480 e. The van der Waals surface area contributed by atoms with Crippen molar-refractivity contribution in [1.29, 1.82) is 0 Å². The second-order valence-corrected chi connectivity index (χ2v) is 3.36. The first-order valence-corrected chi connectivity index (χ1v) is 6.33. The van der Waals surface area contributed by atoms with E-state index in [0.29, 0.717) is 10.0 Å². The van der Waals surface area contributed by atoms with Crippen LogP contribution in [0.15, 0.2) is 6.20 Å².